The Morgan fingerprint density at radius 3 is 2.70 bits per heavy atom. The first-order valence-electron chi connectivity index (χ1n) is 7.83. The second kappa shape index (κ2) is 5.59. The molecule has 0 fully saturated rings. The molecule has 5 nitrogen and oxygen atoms in total. The molecule has 0 amide bonds. The Morgan fingerprint density at radius 2 is 1.91 bits per heavy atom. The molecule has 3 heterocycles. The Morgan fingerprint density at radius 1 is 1.09 bits per heavy atom. The Labute approximate surface area is 135 Å². The Bertz CT molecular complexity index is 839. The number of likely N-dealkylation sites (N-methyl/N-ethyl adjacent to an activating group) is 1. The molecule has 0 saturated heterocycles. The highest BCUT2D eigenvalue weighted by molar-refractivity contribution is 5.66. The van der Waals surface area contributed by atoms with Crippen LogP contribution in [-0.2, 0) is 13.0 Å². The second-order valence-electron chi connectivity index (χ2n) is 6.20. The molecule has 23 heavy (non-hydrogen) atoms. The zero-order valence-corrected chi connectivity index (χ0v) is 13.4. The van der Waals surface area contributed by atoms with E-state index in [1.54, 1.807) is 12.4 Å². The second-order valence-corrected chi connectivity index (χ2v) is 6.20. The van der Waals surface area contributed by atoms with E-state index >= 15 is 0 Å². The summed E-state index contributed by atoms with van der Waals surface area (Å²) in [5.41, 5.74) is 8.07. The van der Waals surface area contributed by atoms with Crippen molar-refractivity contribution in [3.63, 3.8) is 0 Å². The zero-order valence-electron chi connectivity index (χ0n) is 13.4. The lowest BCUT2D eigenvalue weighted by atomic mass is 9.92. The van der Waals surface area contributed by atoms with Gasteiger partial charge in [0.05, 0.1) is 30.0 Å². The van der Waals surface area contributed by atoms with E-state index in [0.717, 1.165) is 42.0 Å². The Balaban J connectivity index is 1.78. The van der Waals surface area contributed by atoms with E-state index in [4.69, 9.17) is 4.98 Å². The summed E-state index contributed by atoms with van der Waals surface area (Å²) >= 11 is 0. The van der Waals surface area contributed by atoms with Crippen molar-refractivity contribution in [1.82, 2.24) is 25.1 Å². The SMILES string of the molecule is Cc1cc(-c2cncc(-c3cn[nH]c3)n2)cc2c1CCN(C)C2. The maximum Gasteiger partial charge on any atom is 0.0924 e. The van der Waals surface area contributed by atoms with Gasteiger partial charge in [-0.05, 0) is 49.2 Å². The van der Waals surface area contributed by atoms with Gasteiger partial charge in [0.1, 0.15) is 0 Å². The average Bonchev–Trinajstić information content (AvgIpc) is 3.09. The highest BCUT2D eigenvalue weighted by atomic mass is 15.1. The van der Waals surface area contributed by atoms with Gasteiger partial charge in [0, 0.05) is 30.4 Å². The van der Waals surface area contributed by atoms with Crippen molar-refractivity contribution in [2.24, 2.45) is 0 Å². The maximum atomic E-state index is 4.76. The minimum absolute atomic E-state index is 0.837. The average molecular weight is 305 g/mol. The predicted molar refractivity (Wildman–Crippen MR) is 89.8 cm³/mol. The van der Waals surface area contributed by atoms with E-state index in [2.05, 4.69) is 46.2 Å². The number of hydrogen-bond acceptors (Lipinski definition) is 4. The van der Waals surface area contributed by atoms with Crippen LogP contribution in [0, 0.1) is 6.92 Å². The normalized spacial score (nSPS) is 14.7. The van der Waals surface area contributed by atoms with Crippen LogP contribution in [0.3, 0.4) is 0 Å². The molecule has 1 aliphatic heterocycles. The number of nitrogens with one attached hydrogen (secondary N) is 1. The van der Waals surface area contributed by atoms with Crippen LogP contribution in [0.5, 0.6) is 0 Å². The third-order valence-corrected chi connectivity index (χ3v) is 4.47. The lowest BCUT2D eigenvalue weighted by molar-refractivity contribution is 0.312. The van der Waals surface area contributed by atoms with Crippen LogP contribution in [0.2, 0.25) is 0 Å². The minimum Gasteiger partial charge on any atom is -0.302 e. The summed E-state index contributed by atoms with van der Waals surface area (Å²) in [4.78, 5) is 11.5. The van der Waals surface area contributed by atoms with Gasteiger partial charge < -0.3 is 4.90 Å². The number of hydrogen-bond donors (Lipinski definition) is 1. The van der Waals surface area contributed by atoms with Crippen molar-refractivity contribution in [3.8, 4) is 22.5 Å². The third kappa shape index (κ3) is 2.64. The standard InChI is InChI=1S/C18H19N5/c1-12-5-13(6-14-11-23(2)4-3-16(12)14)17-9-19-10-18(22-17)15-7-20-21-8-15/h5-10H,3-4,11H2,1-2H3,(H,20,21). The topological polar surface area (TPSA) is 57.7 Å². The molecular formula is C18H19N5. The molecule has 0 radical (unpaired) electrons. The molecule has 3 aromatic rings. The van der Waals surface area contributed by atoms with E-state index in [1.165, 1.54) is 16.7 Å². The first kappa shape index (κ1) is 14.1. The van der Waals surface area contributed by atoms with Crippen LogP contribution >= 0.6 is 0 Å². The fourth-order valence-corrected chi connectivity index (χ4v) is 3.24. The summed E-state index contributed by atoms with van der Waals surface area (Å²) < 4.78 is 0. The molecule has 116 valence electrons. The lowest BCUT2D eigenvalue weighted by Gasteiger charge is -2.27. The number of rotatable bonds is 2. The third-order valence-electron chi connectivity index (χ3n) is 4.47. The van der Waals surface area contributed by atoms with Crippen LogP contribution in [0.4, 0.5) is 0 Å². The number of H-pyrrole nitrogens is 1. The summed E-state index contributed by atoms with van der Waals surface area (Å²) in [5, 5.41) is 6.80. The lowest BCUT2D eigenvalue weighted by Crippen LogP contribution is -2.27. The van der Waals surface area contributed by atoms with E-state index in [1.807, 2.05) is 12.4 Å². The number of aromatic amines is 1. The maximum absolute atomic E-state index is 4.76. The first-order chi connectivity index (χ1) is 11.2. The number of benzene rings is 1. The summed E-state index contributed by atoms with van der Waals surface area (Å²) in [6.45, 7) is 4.32. The van der Waals surface area contributed by atoms with Crippen LogP contribution in [0.1, 0.15) is 16.7 Å². The van der Waals surface area contributed by atoms with Gasteiger partial charge in [0.2, 0.25) is 0 Å². The molecule has 2 aromatic heterocycles. The van der Waals surface area contributed by atoms with Crippen LogP contribution in [0.15, 0.2) is 36.9 Å². The van der Waals surface area contributed by atoms with Gasteiger partial charge in [-0.1, -0.05) is 0 Å². The van der Waals surface area contributed by atoms with Crippen molar-refractivity contribution >= 4 is 0 Å². The monoisotopic (exact) mass is 305 g/mol. The van der Waals surface area contributed by atoms with Gasteiger partial charge in [-0.25, -0.2) is 4.98 Å². The van der Waals surface area contributed by atoms with E-state index in [-0.39, 0.29) is 0 Å². The van der Waals surface area contributed by atoms with Crippen molar-refractivity contribution in [3.05, 3.63) is 53.6 Å². The highest BCUT2D eigenvalue weighted by Crippen LogP contribution is 2.28. The van der Waals surface area contributed by atoms with Gasteiger partial charge in [-0.15, -0.1) is 0 Å². The molecule has 1 aromatic carbocycles. The van der Waals surface area contributed by atoms with Crippen LogP contribution in [-0.4, -0.2) is 38.7 Å². The summed E-state index contributed by atoms with van der Waals surface area (Å²) in [7, 11) is 2.17. The van der Waals surface area contributed by atoms with Crippen LogP contribution in [0.25, 0.3) is 22.5 Å². The quantitative estimate of drug-likeness (QED) is 0.791. The number of aryl methyl sites for hydroxylation is 1. The summed E-state index contributed by atoms with van der Waals surface area (Å²) in [5.74, 6) is 0. The zero-order chi connectivity index (χ0) is 15.8. The first-order valence-corrected chi connectivity index (χ1v) is 7.83. The fourth-order valence-electron chi connectivity index (χ4n) is 3.24. The molecule has 5 heteroatoms. The number of aromatic nitrogens is 4. The largest absolute Gasteiger partial charge is 0.302 e. The van der Waals surface area contributed by atoms with E-state index < -0.39 is 0 Å². The molecule has 1 N–H and O–H groups in total. The minimum atomic E-state index is 0.837. The Kier molecular flexibility index (Phi) is 3.42. The summed E-state index contributed by atoms with van der Waals surface area (Å²) in [6, 6.07) is 4.49. The molecule has 1 aliphatic rings. The highest BCUT2D eigenvalue weighted by Gasteiger charge is 2.17. The van der Waals surface area contributed by atoms with Gasteiger partial charge in [-0.2, -0.15) is 5.10 Å². The smallest absolute Gasteiger partial charge is 0.0924 e. The molecule has 4 rings (SSSR count). The molecule has 0 atom stereocenters. The molecule has 0 unspecified atom stereocenters. The van der Waals surface area contributed by atoms with Crippen molar-refractivity contribution in [2.45, 2.75) is 19.9 Å². The molecule has 0 spiro atoms. The van der Waals surface area contributed by atoms with Gasteiger partial charge in [0.15, 0.2) is 0 Å². The van der Waals surface area contributed by atoms with Crippen LogP contribution < -0.4 is 0 Å². The van der Waals surface area contributed by atoms with Crippen molar-refractivity contribution in [1.29, 1.82) is 0 Å². The van der Waals surface area contributed by atoms with Crippen molar-refractivity contribution in [2.75, 3.05) is 13.6 Å². The number of fused-ring (bicyclic) bond motifs is 1. The molecule has 0 saturated carbocycles. The van der Waals surface area contributed by atoms with E-state index in [0.29, 0.717) is 0 Å². The predicted octanol–water partition coefficient (Wildman–Crippen LogP) is 2.83. The molecule has 0 bridgehead atoms. The number of nitrogens with zero attached hydrogens (tertiary/aromatic N) is 4. The van der Waals surface area contributed by atoms with Gasteiger partial charge in [-0.3, -0.25) is 10.1 Å². The Hall–Kier alpha value is -2.53. The van der Waals surface area contributed by atoms with E-state index in [9.17, 15) is 0 Å². The molecule has 0 aliphatic carbocycles. The molecular weight excluding hydrogens is 286 g/mol. The summed E-state index contributed by atoms with van der Waals surface area (Å²) in [6.07, 6.45) is 8.32. The van der Waals surface area contributed by atoms with Gasteiger partial charge in [0.25, 0.3) is 0 Å². The fraction of sp³-hybridized carbons (Fsp3) is 0.278. The van der Waals surface area contributed by atoms with Crippen molar-refractivity contribution < 1.29 is 0 Å². The van der Waals surface area contributed by atoms with Gasteiger partial charge >= 0.3 is 0 Å².